The zero-order valence-corrected chi connectivity index (χ0v) is 10.2. The van der Waals surface area contributed by atoms with Gasteiger partial charge in [-0.2, -0.15) is 0 Å². The molecule has 0 aromatic heterocycles. The van der Waals surface area contributed by atoms with Gasteiger partial charge in [0.2, 0.25) is 0 Å². The third-order valence-corrected chi connectivity index (χ3v) is 3.65. The van der Waals surface area contributed by atoms with Gasteiger partial charge >= 0.3 is 0 Å². The SMILES string of the molecule is C1=C2CC=C(Cc3ccccc3)C2=CCCC1. The molecule has 0 radical (unpaired) electrons. The van der Waals surface area contributed by atoms with Gasteiger partial charge in [0, 0.05) is 0 Å². The predicted molar refractivity (Wildman–Crippen MR) is 72.9 cm³/mol. The van der Waals surface area contributed by atoms with Crippen molar-refractivity contribution >= 4 is 0 Å². The molecular weight excluding hydrogens is 204 g/mol. The van der Waals surface area contributed by atoms with Crippen molar-refractivity contribution in [1.82, 2.24) is 0 Å². The maximum atomic E-state index is 2.45. The zero-order valence-electron chi connectivity index (χ0n) is 10.2. The van der Waals surface area contributed by atoms with Crippen LogP contribution in [0.15, 0.2) is 65.3 Å². The molecular formula is C17H18. The summed E-state index contributed by atoms with van der Waals surface area (Å²) in [5, 5.41) is 0. The molecule has 0 heteroatoms. The Hall–Kier alpha value is -1.56. The third-order valence-electron chi connectivity index (χ3n) is 3.65. The second-order valence-electron chi connectivity index (χ2n) is 4.87. The number of allylic oxidation sites excluding steroid dienone is 6. The molecule has 0 bridgehead atoms. The molecule has 3 rings (SSSR count). The van der Waals surface area contributed by atoms with Crippen LogP contribution in [0, 0.1) is 0 Å². The van der Waals surface area contributed by atoms with E-state index in [0.29, 0.717) is 0 Å². The van der Waals surface area contributed by atoms with Gasteiger partial charge in [-0.3, -0.25) is 0 Å². The van der Waals surface area contributed by atoms with Crippen molar-refractivity contribution < 1.29 is 0 Å². The highest BCUT2D eigenvalue weighted by atomic mass is 14.2. The Morgan fingerprint density at radius 2 is 1.71 bits per heavy atom. The lowest BCUT2D eigenvalue weighted by Gasteiger charge is -2.07. The van der Waals surface area contributed by atoms with Crippen molar-refractivity contribution in [3.05, 3.63) is 70.8 Å². The van der Waals surface area contributed by atoms with Crippen LogP contribution in [0.3, 0.4) is 0 Å². The van der Waals surface area contributed by atoms with Crippen LogP contribution in [0.2, 0.25) is 0 Å². The predicted octanol–water partition coefficient (Wildman–Crippen LogP) is 4.60. The topological polar surface area (TPSA) is 0 Å². The fraction of sp³-hybridized carbons (Fsp3) is 0.294. The van der Waals surface area contributed by atoms with Gasteiger partial charge in [0.15, 0.2) is 0 Å². The molecule has 0 heterocycles. The number of fused-ring (bicyclic) bond motifs is 1. The molecule has 0 spiro atoms. The van der Waals surface area contributed by atoms with Gasteiger partial charge in [-0.25, -0.2) is 0 Å². The molecule has 17 heavy (non-hydrogen) atoms. The number of rotatable bonds is 2. The van der Waals surface area contributed by atoms with Gasteiger partial charge in [0.25, 0.3) is 0 Å². The zero-order chi connectivity index (χ0) is 11.5. The highest BCUT2D eigenvalue weighted by Crippen LogP contribution is 2.35. The number of hydrogen-bond donors (Lipinski definition) is 0. The highest BCUT2D eigenvalue weighted by molar-refractivity contribution is 5.55. The smallest absolute Gasteiger partial charge is 0.00229 e. The molecule has 0 nitrogen and oxygen atoms in total. The Morgan fingerprint density at radius 3 is 2.59 bits per heavy atom. The Morgan fingerprint density at radius 1 is 0.882 bits per heavy atom. The van der Waals surface area contributed by atoms with E-state index in [0.717, 1.165) is 12.8 Å². The molecule has 0 amide bonds. The quantitative estimate of drug-likeness (QED) is 0.686. The number of benzene rings is 1. The summed E-state index contributed by atoms with van der Waals surface area (Å²) >= 11 is 0. The van der Waals surface area contributed by atoms with Gasteiger partial charge in [0.1, 0.15) is 0 Å². The van der Waals surface area contributed by atoms with E-state index in [-0.39, 0.29) is 0 Å². The maximum Gasteiger partial charge on any atom is -0.00229 e. The van der Waals surface area contributed by atoms with Gasteiger partial charge in [0.05, 0.1) is 0 Å². The number of hydrogen-bond acceptors (Lipinski definition) is 0. The minimum atomic E-state index is 1.09. The van der Waals surface area contributed by atoms with E-state index in [1.807, 2.05) is 0 Å². The Balaban J connectivity index is 1.83. The van der Waals surface area contributed by atoms with E-state index in [1.165, 1.54) is 36.0 Å². The summed E-state index contributed by atoms with van der Waals surface area (Å²) in [7, 11) is 0. The van der Waals surface area contributed by atoms with Crippen LogP contribution in [-0.2, 0) is 6.42 Å². The molecule has 2 aliphatic rings. The molecule has 0 saturated carbocycles. The van der Waals surface area contributed by atoms with E-state index in [4.69, 9.17) is 0 Å². The summed E-state index contributed by atoms with van der Waals surface area (Å²) in [6.45, 7) is 0. The van der Waals surface area contributed by atoms with Crippen molar-refractivity contribution in [3.8, 4) is 0 Å². The first-order chi connectivity index (χ1) is 8.43. The van der Waals surface area contributed by atoms with Gasteiger partial charge in [-0.15, -0.1) is 0 Å². The van der Waals surface area contributed by atoms with E-state index < -0.39 is 0 Å². The Kier molecular flexibility index (Phi) is 2.96. The van der Waals surface area contributed by atoms with Gasteiger partial charge < -0.3 is 0 Å². The summed E-state index contributed by atoms with van der Waals surface area (Å²) in [4.78, 5) is 0. The van der Waals surface area contributed by atoms with Crippen LogP contribution in [0.4, 0.5) is 0 Å². The van der Waals surface area contributed by atoms with Crippen molar-refractivity contribution in [3.63, 3.8) is 0 Å². The van der Waals surface area contributed by atoms with Crippen molar-refractivity contribution in [2.45, 2.75) is 32.1 Å². The lowest BCUT2D eigenvalue weighted by molar-refractivity contribution is 0.872. The molecule has 0 N–H and O–H groups in total. The minimum absolute atomic E-state index is 1.09. The molecule has 0 saturated heterocycles. The van der Waals surface area contributed by atoms with E-state index in [1.54, 1.807) is 5.57 Å². The monoisotopic (exact) mass is 222 g/mol. The van der Waals surface area contributed by atoms with Gasteiger partial charge in [-0.05, 0) is 54.4 Å². The largest absolute Gasteiger partial charge is 0.0804 e. The van der Waals surface area contributed by atoms with Crippen LogP contribution in [0.25, 0.3) is 0 Å². The summed E-state index contributed by atoms with van der Waals surface area (Å²) in [5.41, 5.74) is 6.05. The van der Waals surface area contributed by atoms with E-state index >= 15 is 0 Å². The normalized spacial score (nSPS) is 18.9. The lowest BCUT2D eigenvalue weighted by atomic mass is 9.98. The molecule has 1 aromatic rings. The van der Waals surface area contributed by atoms with Crippen LogP contribution in [0.5, 0.6) is 0 Å². The fourth-order valence-corrected chi connectivity index (χ4v) is 2.74. The Labute approximate surface area is 103 Å². The van der Waals surface area contributed by atoms with Crippen LogP contribution in [-0.4, -0.2) is 0 Å². The average molecular weight is 222 g/mol. The Bertz CT molecular complexity index is 486. The standard InChI is InChI=1S/C17H18/c1-3-7-14(8-4-1)13-16-12-11-15-9-5-2-6-10-17(15)16/h1,3-4,7-10,12H,2,5-6,11,13H2. The summed E-state index contributed by atoms with van der Waals surface area (Å²) < 4.78 is 0. The van der Waals surface area contributed by atoms with E-state index in [2.05, 4.69) is 48.6 Å². The van der Waals surface area contributed by atoms with E-state index in [9.17, 15) is 0 Å². The van der Waals surface area contributed by atoms with Crippen LogP contribution < -0.4 is 0 Å². The van der Waals surface area contributed by atoms with Crippen LogP contribution in [0.1, 0.15) is 31.2 Å². The highest BCUT2D eigenvalue weighted by Gasteiger charge is 2.17. The van der Waals surface area contributed by atoms with Crippen molar-refractivity contribution in [1.29, 1.82) is 0 Å². The fourth-order valence-electron chi connectivity index (χ4n) is 2.74. The average Bonchev–Trinajstić information content (AvgIpc) is 2.61. The maximum absolute atomic E-state index is 2.45. The molecule has 0 fully saturated rings. The molecule has 0 unspecified atom stereocenters. The van der Waals surface area contributed by atoms with Gasteiger partial charge in [-0.1, -0.05) is 48.6 Å². The first kappa shape index (κ1) is 10.6. The first-order valence-electron chi connectivity index (χ1n) is 6.56. The molecule has 0 atom stereocenters. The second-order valence-corrected chi connectivity index (χ2v) is 4.87. The van der Waals surface area contributed by atoms with Crippen molar-refractivity contribution in [2.75, 3.05) is 0 Å². The summed E-state index contributed by atoms with van der Waals surface area (Å²) in [6, 6.07) is 10.8. The molecule has 0 aliphatic heterocycles. The third kappa shape index (κ3) is 2.26. The molecule has 1 aromatic carbocycles. The molecule has 2 aliphatic carbocycles. The molecule has 86 valence electrons. The lowest BCUT2D eigenvalue weighted by Crippen LogP contribution is -1.91. The summed E-state index contributed by atoms with van der Waals surface area (Å²) in [6.07, 6.45) is 13.3. The first-order valence-corrected chi connectivity index (χ1v) is 6.56. The summed E-state index contributed by atoms with van der Waals surface area (Å²) in [5.74, 6) is 0. The second kappa shape index (κ2) is 4.75. The van der Waals surface area contributed by atoms with Crippen molar-refractivity contribution in [2.24, 2.45) is 0 Å². The minimum Gasteiger partial charge on any atom is -0.0804 e. The van der Waals surface area contributed by atoms with Crippen LogP contribution >= 0.6 is 0 Å².